The molecule has 1 aromatic carbocycles. The number of rotatable bonds is 9. The molecule has 7 nitrogen and oxygen atoms in total. The first-order chi connectivity index (χ1) is 16.3. The van der Waals surface area contributed by atoms with Gasteiger partial charge in [-0.15, -0.1) is 11.3 Å². The van der Waals surface area contributed by atoms with Gasteiger partial charge in [-0.2, -0.15) is 0 Å². The van der Waals surface area contributed by atoms with E-state index in [-0.39, 0.29) is 11.7 Å². The van der Waals surface area contributed by atoms with Crippen molar-refractivity contribution in [3.8, 4) is 11.1 Å². The number of nitrogens with one attached hydrogen (secondary N) is 1. The van der Waals surface area contributed by atoms with E-state index < -0.39 is 15.9 Å². The normalized spacial score (nSPS) is 16.0. The Hall–Kier alpha value is -2.20. The summed E-state index contributed by atoms with van der Waals surface area (Å²) in [4.78, 5) is 19.3. The fraction of sp³-hybridized carbons (Fsp3) is 0.480. The van der Waals surface area contributed by atoms with Crippen molar-refractivity contribution < 1.29 is 13.2 Å². The molecule has 0 spiro atoms. The SMILES string of the molecule is CCN(CC)Cc1cc(-c2cc(C(N)=O)c3[nH]cc(C4CCN(S(=O)(=O)CC)CC4)c3c2)cs1. The van der Waals surface area contributed by atoms with Crippen molar-refractivity contribution >= 4 is 38.2 Å². The monoisotopic (exact) mass is 502 g/mol. The number of primary amides is 1. The van der Waals surface area contributed by atoms with Crippen LogP contribution < -0.4 is 5.73 Å². The van der Waals surface area contributed by atoms with Gasteiger partial charge in [0.25, 0.3) is 5.91 Å². The van der Waals surface area contributed by atoms with Gasteiger partial charge in [0.05, 0.1) is 16.8 Å². The van der Waals surface area contributed by atoms with Gasteiger partial charge in [-0.25, -0.2) is 12.7 Å². The zero-order valence-corrected chi connectivity index (χ0v) is 21.8. The van der Waals surface area contributed by atoms with Gasteiger partial charge >= 0.3 is 0 Å². The molecular weight excluding hydrogens is 468 g/mol. The largest absolute Gasteiger partial charge is 0.366 e. The fourth-order valence-electron chi connectivity index (χ4n) is 4.86. The van der Waals surface area contributed by atoms with Gasteiger partial charge in [-0.05, 0) is 79.0 Å². The zero-order chi connectivity index (χ0) is 24.5. The minimum Gasteiger partial charge on any atom is -0.366 e. The quantitative estimate of drug-likeness (QED) is 0.454. The number of carbonyl (C=O) groups is 1. The number of nitrogens with two attached hydrogens (primary N) is 1. The molecule has 1 amide bonds. The second-order valence-corrected chi connectivity index (χ2v) is 12.1. The van der Waals surface area contributed by atoms with Crippen molar-refractivity contribution in [1.29, 1.82) is 0 Å². The van der Waals surface area contributed by atoms with E-state index in [0.29, 0.717) is 18.7 Å². The van der Waals surface area contributed by atoms with Gasteiger partial charge in [0.1, 0.15) is 0 Å². The van der Waals surface area contributed by atoms with Gasteiger partial charge in [-0.3, -0.25) is 9.69 Å². The van der Waals surface area contributed by atoms with Crippen molar-refractivity contribution in [1.82, 2.24) is 14.2 Å². The summed E-state index contributed by atoms with van der Waals surface area (Å²) in [6.07, 6.45) is 3.48. The number of piperidine rings is 1. The molecule has 0 unspecified atom stereocenters. The number of H-pyrrole nitrogens is 1. The summed E-state index contributed by atoms with van der Waals surface area (Å²) in [5, 5.41) is 3.14. The number of aromatic nitrogens is 1. The highest BCUT2D eigenvalue weighted by molar-refractivity contribution is 7.89. The molecule has 0 aliphatic carbocycles. The standard InChI is InChI=1S/C25H34N4O3S2/c1-4-28(5-2)15-20-11-19(16-33-20)18-12-21-23(14-27-24(21)22(13-18)25(26)30)17-7-9-29(10-8-17)34(31,32)6-3/h11-14,16-17,27H,4-10,15H2,1-3H3,(H2,26,30). The van der Waals surface area contributed by atoms with Crippen LogP contribution in [0.3, 0.4) is 0 Å². The molecule has 0 atom stereocenters. The molecule has 1 aliphatic heterocycles. The topological polar surface area (TPSA) is 99.5 Å². The van der Waals surface area contributed by atoms with Crippen LogP contribution in [-0.2, 0) is 16.6 Å². The highest BCUT2D eigenvalue weighted by atomic mass is 32.2. The maximum Gasteiger partial charge on any atom is 0.250 e. The number of carbonyl (C=O) groups excluding carboxylic acids is 1. The minimum atomic E-state index is -3.17. The molecule has 9 heteroatoms. The van der Waals surface area contributed by atoms with Crippen molar-refractivity contribution in [2.45, 2.75) is 46.1 Å². The zero-order valence-electron chi connectivity index (χ0n) is 20.1. The Kier molecular flexibility index (Phi) is 7.47. The van der Waals surface area contributed by atoms with Crippen molar-refractivity contribution in [2.75, 3.05) is 31.9 Å². The summed E-state index contributed by atoms with van der Waals surface area (Å²) < 4.78 is 26.1. The van der Waals surface area contributed by atoms with Crippen LogP contribution >= 0.6 is 11.3 Å². The number of thiophene rings is 1. The van der Waals surface area contributed by atoms with Gasteiger partial charge in [0.15, 0.2) is 0 Å². The molecule has 3 heterocycles. The van der Waals surface area contributed by atoms with Crippen LogP contribution in [0.4, 0.5) is 0 Å². The summed E-state index contributed by atoms with van der Waals surface area (Å²) in [5.41, 5.74) is 10.2. The summed E-state index contributed by atoms with van der Waals surface area (Å²) in [5.74, 6) is -0.0936. The van der Waals surface area contributed by atoms with Crippen molar-refractivity contribution in [3.63, 3.8) is 0 Å². The van der Waals surface area contributed by atoms with E-state index in [1.165, 1.54) is 4.88 Å². The molecule has 0 bridgehead atoms. The van der Waals surface area contributed by atoms with E-state index in [0.717, 1.165) is 60.1 Å². The van der Waals surface area contributed by atoms with Crippen LogP contribution in [0.2, 0.25) is 0 Å². The van der Waals surface area contributed by atoms with E-state index in [1.807, 2.05) is 12.3 Å². The van der Waals surface area contributed by atoms with E-state index >= 15 is 0 Å². The molecule has 1 fully saturated rings. The second kappa shape index (κ2) is 10.2. The molecule has 1 aliphatic rings. The number of nitrogens with zero attached hydrogens (tertiary/aromatic N) is 2. The molecule has 0 radical (unpaired) electrons. The third kappa shape index (κ3) is 4.93. The van der Waals surface area contributed by atoms with Gasteiger partial charge in [0, 0.05) is 36.1 Å². The maximum absolute atomic E-state index is 12.3. The Morgan fingerprint density at radius 3 is 2.47 bits per heavy atom. The molecule has 1 saturated heterocycles. The smallest absolute Gasteiger partial charge is 0.250 e. The molecule has 2 aromatic heterocycles. The molecule has 34 heavy (non-hydrogen) atoms. The van der Waals surface area contributed by atoms with Crippen molar-refractivity contribution in [3.05, 3.63) is 45.8 Å². The van der Waals surface area contributed by atoms with Crippen molar-refractivity contribution in [2.24, 2.45) is 5.73 Å². The lowest BCUT2D eigenvalue weighted by Crippen LogP contribution is -2.38. The van der Waals surface area contributed by atoms with Crippen LogP contribution in [0.15, 0.2) is 29.8 Å². The number of amides is 1. The predicted molar refractivity (Wildman–Crippen MR) is 140 cm³/mol. The summed E-state index contributed by atoms with van der Waals surface area (Å²) >= 11 is 1.73. The van der Waals surface area contributed by atoms with Gasteiger partial charge < -0.3 is 10.7 Å². The molecule has 0 saturated carbocycles. The molecule has 3 N–H and O–H groups in total. The molecule has 3 aromatic rings. The van der Waals surface area contributed by atoms with E-state index in [9.17, 15) is 13.2 Å². The lowest BCUT2D eigenvalue weighted by Gasteiger charge is -2.31. The minimum absolute atomic E-state index is 0.132. The summed E-state index contributed by atoms with van der Waals surface area (Å²) in [7, 11) is -3.17. The second-order valence-electron chi connectivity index (χ2n) is 8.89. The molecule has 184 valence electrons. The van der Waals surface area contributed by atoms with Crippen LogP contribution in [0, 0.1) is 0 Å². The van der Waals surface area contributed by atoms with E-state index in [4.69, 9.17) is 5.73 Å². The van der Waals surface area contributed by atoms with Crippen LogP contribution in [0.5, 0.6) is 0 Å². The first kappa shape index (κ1) is 24.9. The molecular formula is C25H34N4O3S2. The third-order valence-electron chi connectivity index (χ3n) is 7.00. The molecule has 4 rings (SSSR count). The number of sulfonamides is 1. The number of hydrogen-bond acceptors (Lipinski definition) is 5. The fourth-order valence-corrected chi connectivity index (χ4v) is 6.93. The Morgan fingerprint density at radius 1 is 1.15 bits per heavy atom. The van der Waals surface area contributed by atoms with Gasteiger partial charge in [0.2, 0.25) is 10.0 Å². The summed E-state index contributed by atoms with van der Waals surface area (Å²) in [6, 6.07) is 6.23. The van der Waals surface area contributed by atoms with E-state index in [1.54, 1.807) is 22.6 Å². The number of fused-ring (bicyclic) bond motifs is 1. The first-order valence-corrected chi connectivity index (χ1v) is 14.5. The van der Waals surface area contributed by atoms with E-state index in [2.05, 4.69) is 41.2 Å². The Bertz CT molecular complexity index is 1270. The van der Waals surface area contributed by atoms with Gasteiger partial charge in [-0.1, -0.05) is 13.8 Å². The Labute approximate surface area is 206 Å². The lowest BCUT2D eigenvalue weighted by molar-refractivity contribution is 0.100. The maximum atomic E-state index is 12.3. The Balaban J connectivity index is 1.67. The van der Waals surface area contributed by atoms with Crippen LogP contribution in [0.1, 0.15) is 60.3 Å². The third-order valence-corrected chi connectivity index (χ3v) is 9.80. The Morgan fingerprint density at radius 2 is 1.85 bits per heavy atom. The highest BCUT2D eigenvalue weighted by Gasteiger charge is 2.29. The number of benzene rings is 1. The average Bonchev–Trinajstić information content (AvgIpc) is 3.49. The highest BCUT2D eigenvalue weighted by Crippen LogP contribution is 2.38. The first-order valence-electron chi connectivity index (χ1n) is 12.0. The lowest BCUT2D eigenvalue weighted by atomic mass is 9.88. The summed E-state index contributed by atoms with van der Waals surface area (Å²) in [6.45, 7) is 9.99. The van der Waals surface area contributed by atoms with Crippen LogP contribution in [0.25, 0.3) is 22.0 Å². The average molecular weight is 503 g/mol. The predicted octanol–water partition coefficient (Wildman–Crippen LogP) is 4.37. The van der Waals surface area contributed by atoms with Crippen LogP contribution in [-0.4, -0.2) is 60.4 Å². The number of aromatic amines is 1. The number of hydrogen-bond donors (Lipinski definition) is 2.